The summed E-state index contributed by atoms with van der Waals surface area (Å²) in [5, 5.41) is 2.93. The summed E-state index contributed by atoms with van der Waals surface area (Å²) in [6.45, 7) is 4.14. The van der Waals surface area contributed by atoms with Crippen LogP contribution in [0.25, 0.3) is 21.7 Å². The average molecular weight is 425 g/mol. The summed E-state index contributed by atoms with van der Waals surface area (Å²) in [5.74, 6) is 1.20. The van der Waals surface area contributed by atoms with Crippen LogP contribution in [0, 0.1) is 13.8 Å². The van der Waals surface area contributed by atoms with Gasteiger partial charge in [-0.25, -0.2) is 14.8 Å². The van der Waals surface area contributed by atoms with Crippen molar-refractivity contribution in [1.82, 2.24) is 19.1 Å². The van der Waals surface area contributed by atoms with Crippen molar-refractivity contribution in [2.75, 3.05) is 0 Å². The van der Waals surface area contributed by atoms with Gasteiger partial charge in [-0.05, 0) is 36.4 Å². The van der Waals surface area contributed by atoms with Crippen LogP contribution in [-0.2, 0) is 19.8 Å². The second kappa shape index (κ2) is 7.61. The number of thioether (sulfide) groups is 1. The first kappa shape index (κ1) is 19.6. The molecule has 4 aromatic rings. The molecule has 0 saturated carbocycles. The van der Waals surface area contributed by atoms with Crippen LogP contribution in [0.2, 0.25) is 0 Å². The maximum atomic E-state index is 12.9. The monoisotopic (exact) mass is 424 g/mol. The first-order chi connectivity index (χ1) is 13.9. The summed E-state index contributed by atoms with van der Waals surface area (Å²) in [4.78, 5) is 35.5. The molecule has 148 valence electrons. The van der Waals surface area contributed by atoms with Crippen molar-refractivity contribution in [2.24, 2.45) is 14.1 Å². The molecule has 29 heavy (non-hydrogen) atoms. The fraction of sp³-hybridized carbons (Fsp3) is 0.238. The molecule has 0 saturated heterocycles. The Balaban J connectivity index is 1.92. The van der Waals surface area contributed by atoms with Crippen LogP contribution in [0.4, 0.5) is 0 Å². The topological polar surface area (TPSA) is 69.8 Å². The van der Waals surface area contributed by atoms with Gasteiger partial charge in [0.15, 0.2) is 11.5 Å². The fourth-order valence-corrected chi connectivity index (χ4v) is 4.89. The van der Waals surface area contributed by atoms with Gasteiger partial charge in [-0.2, -0.15) is 0 Å². The normalized spacial score (nSPS) is 11.3. The number of aryl methyl sites for hydroxylation is 3. The molecular formula is C21H20N4O2S2. The highest BCUT2D eigenvalue weighted by Crippen LogP contribution is 2.30. The molecule has 1 aromatic carbocycles. The predicted octanol–water partition coefficient (Wildman–Crippen LogP) is 3.66. The second-order valence-corrected chi connectivity index (χ2v) is 8.86. The summed E-state index contributed by atoms with van der Waals surface area (Å²) in [6, 6.07) is 10.2. The first-order valence-electron chi connectivity index (χ1n) is 9.07. The van der Waals surface area contributed by atoms with Crippen molar-refractivity contribution >= 4 is 34.1 Å². The number of fused-ring (bicyclic) bond motifs is 1. The van der Waals surface area contributed by atoms with Crippen molar-refractivity contribution in [1.29, 1.82) is 0 Å². The molecule has 3 heterocycles. The second-order valence-electron chi connectivity index (χ2n) is 6.95. The van der Waals surface area contributed by atoms with E-state index >= 15 is 0 Å². The number of benzene rings is 1. The minimum absolute atomic E-state index is 0.361. The smallest absolute Gasteiger partial charge is 0.280 e. The number of hydrogen-bond acceptors (Lipinski definition) is 6. The number of aromatic nitrogens is 4. The standard InChI is InChI=1S/C21H20N4O2S2/c1-12-7-8-13(2)14(10-12)11-29-19-16-18(24(3)21(27)25(4)20(16)26)22-17(23-19)15-6-5-9-28-15/h5-10H,11H2,1-4H3. The molecule has 0 unspecified atom stereocenters. The molecule has 0 atom stereocenters. The minimum Gasteiger partial charge on any atom is -0.280 e. The Morgan fingerprint density at radius 2 is 1.86 bits per heavy atom. The van der Waals surface area contributed by atoms with Gasteiger partial charge < -0.3 is 0 Å². The predicted molar refractivity (Wildman–Crippen MR) is 119 cm³/mol. The van der Waals surface area contributed by atoms with Gasteiger partial charge in [0.05, 0.1) is 4.88 Å². The van der Waals surface area contributed by atoms with Crippen LogP contribution in [0.3, 0.4) is 0 Å². The molecule has 8 heteroatoms. The Morgan fingerprint density at radius 3 is 2.59 bits per heavy atom. The molecule has 0 aliphatic rings. The largest absolute Gasteiger partial charge is 0.332 e. The number of hydrogen-bond donors (Lipinski definition) is 0. The van der Waals surface area contributed by atoms with E-state index in [1.807, 2.05) is 17.5 Å². The van der Waals surface area contributed by atoms with Gasteiger partial charge >= 0.3 is 5.69 Å². The quantitative estimate of drug-likeness (QED) is 0.369. The zero-order chi connectivity index (χ0) is 20.7. The lowest BCUT2D eigenvalue weighted by molar-refractivity contribution is 0.703. The molecule has 6 nitrogen and oxygen atoms in total. The maximum Gasteiger partial charge on any atom is 0.332 e. The third-order valence-corrected chi connectivity index (χ3v) is 6.77. The Bertz CT molecular complexity index is 1340. The van der Waals surface area contributed by atoms with E-state index in [-0.39, 0.29) is 5.56 Å². The van der Waals surface area contributed by atoms with E-state index in [1.54, 1.807) is 7.05 Å². The van der Waals surface area contributed by atoms with Gasteiger partial charge in [0.25, 0.3) is 5.56 Å². The average Bonchev–Trinajstić information content (AvgIpc) is 3.25. The first-order valence-corrected chi connectivity index (χ1v) is 10.9. The van der Waals surface area contributed by atoms with Crippen LogP contribution in [-0.4, -0.2) is 19.1 Å². The lowest BCUT2D eigenvalue weighted by Gasteiger charge is -2.12. The van der Waals surface area contributed by atoms with Crippen LogP contribution >= 0.6 is 23.1 Å². The zero-order valence-corrected chi connectivity index (χ0v) is 18.2. The summed E-state index contributed by atoms with van der Waals surface area (Å²) < 4.78 is 2.52. The van der Waals surface area contributed by atoms with E-state index in [0.29, 0.717) is 27.6 Å². The highest BCUT2D eigenvalue weighted by molar-refractivity contribution is 7.98. The van der Waals surface area contributed by atoms with Crippen LogP contribution in [0.15, 0.2) is 50.3 Å². The van der Waals surface area contributed by atoms with Gasteiger partial charge in [0.2, 0.25) is 0 Å². The lowest BCUT2D eigenvalue weighted by Crippen LogP contribution is -2.37. The third-order valence-electron chi connectivity index (χ3n) is 4.88. The van der Waals surface area contributed by atoms with Crippen molar-refractivity contribution in [2.45, 2.75) is 24.6 Å². The van der Waals surface area contributed by atoms with Gasteiger partial charge in [-0.1, -0.05) is 29.8 Å². The molecule has 0 fully saturated rings. The summed E-state index contributed by atoms with van der Waals surface area (Å²) in [7, 11) is 3.12. The molecule has 0 bridgehead atoms. The SMILES string of the molecule is Cc1ccc(C)c(CSc2nc(-c3cccs3)nc3c2c(=O)n(C)c(=O)n3C)c1. The van der Waals surface area contributed by atoms with Gasteiger partial charge in [0.1, 0.15) is 10.4 Å². The Hall–Kier alpha value is -2.71. The van der Waals surface area contributed by atoms with Gasteiger partial charge in [-0.3, -0.25) is 13.9 Å². The molecule has 0 spiro atoms. The van der Waals surface area contributed by atoms with Gasteiger partial charge in [0, 0.05) is 19.8 Å². The van der Waals surface area contributed by atoms with E-state index < -0.39 is 5.69 Å². The molecule has 0 amide bonds. The van der Waals surface area contributed by atoms with Crippen LogP contribution in [0.5, 0.6) is 0 Å². The molecule has 0 aliphatic heterocycles. The Labute approximate surface area is 175 Å². The fourth-order valence-electron chi connectivity index (χ4n) is 3.15. The summed E-state index contributed by atoms with van der Waals surface area (Å²) in [6.07, 6.45) is 0. The summed E-state index contributed by atoms with van der Waals surface area (Å²) >= 11 is 3.02. The Kier molecular flexibility index (Phi) is 5.14. The van der Waals surface area contributed by atoms with Crippen molar-refractivity contribution in [3.8, 4) is 10.7 Å². The molecular weight excluding hydrogens is 404 g/mol. The number of nitrogens with zero attached hydrogens (tertiary/aromatic N) is 4. The molecule has 0 N–H and O–H groups in total. The van der Waals surface area contributed by atoms with Crippen molar-refractivity contribution in [3.63, 3.8) is 0 Å². The maximum absolute atomic E-state index is 12.9. The molecule has 0 aliphatic carbocycles. The van der Waals surface area contributed by atoms with Crippen LogP contribution in [0.1, 0.15) is 16.7 Å². The Morgan fingerprint density at radius 1 is 1.07 bits per heavy atom. The van der Waals surface area contributed by atoms with Crippen molar-refractivity contribution in [3.05, 3.63) is 73.2 Å². The number of thiophene rings is 1. The van der Waals surface area contributed by atoms with E-state index in [0.717, 1.165) is 9.44 Å². The van der Waals surface area contributed by atoms with E-state index in [9.17, 15) is 9.59 Å². The highest BCUT2D eigenvalue weighted by atomic mass is 32.2. The zero-order valence-electron chi connectivity index (χ0n) is 16.6. The summed E-state index contributed by atoms with van der Waals surface area (Å²) in [5.41, 5.74) is 3.17. The van der Waals surface area contributed by atoms with E-state index in [4.69, 9.17) is 4.98 Å². The van der Waals surface area contributed by atoms with E-state index in [1.165, 1.54) is 51.4 Å². The molecule has 0 radical (unpaired) electrons. The van der Waals surface area contributed by atoms with E-state index in [2.05, 4.69) is 37.0 Å². The van der Waals surface area contributed by atoms with Crippen molar-refractivity contribution < 1.29 is 0 Å². The number of rotatable bonds is 4. The minimum atomic E-state index is -0.399. The van der Waals surface area contributed by atoms with Gasteiger partial charge in [-0.15, -0.1) is 23.1 Å². The molecule has 3 aromatic heterocycles. The highest BCUT2D eigenvalue weighted by Gasteiger charge is 2.18. The lowest BCUT2D eigenvalue weighted by atomic mass is 10.1. The molecule has 4 rings (SSSR count). The third kappa shape index (κ3) is 3.54. The van der Waals surface area contributed by atoms with Crippen LogP contribution < -0.4 is 11.2 Å².